The normalized spacial score (nSPS) is 36.0. The van der Waals surface area contributed by atoms with Gasteiger partial charge in [-0.2, -0.15) is 0 Å². The molecule has 1 aliphatic rings. The Balaban J connectivity index is 2.30. The molecule has 72 valence electrons. The lowest BCUT2D eigenvalue weighted by molar-refractivity contribution is -0.873. The van der Waals surface area contributed by atoms with Gasteiger partial charge in [-0.3, -0.25) is 0 Å². The lowest BCUT2D eigenvalue weighted by Crippen LogP contribution is -3.09. The number of hydrogen-bond acceptors (Lipinski definition) is 0. The molecule has 0 amide bonds. The van der Waals surface area contributed by atoms with Gasteiger partial charge >= 0.3 is 0 Å². The van der Waals surface area contributed by atoms with E-state index in [0.717, 1.165) is 35.7 Å². The van der Waals surface area contributed by atoms with E-state index in [-0.39, 0.29) is 0 Å². The maximum atomic E-state index is 7.51. The van der Waals surface area contributed by atoms with Gasteiger partial charge in [-0.05, 0) is 0 Å². The molecule has 1 saturated carbocycles. The van der Waals surface area contributed by atoms with Crippen LogP contribution in [0.25, 0.3) is 11.7 Å². The molecule has 0 heterocycles. The fraction of sp³-hybridized carbons (Fsp3) is 1.00. The summed E-state index contributed by atoms with van der Waals surface area (Å²) < 4.78 is 0. The lowest BCUT2D eigenvalue weighted by Gasteiger charge is -2.36. The molecule has 0 aromatic carbocycles. The average molecular weight is 172 g/mol. The first-order valence-electron chi connectivity index (χ1n) is 4.71. The first-order valence-corrected chi connectivity index (χ1v) is 4.71. The zero-order chi connectivity index (χ0) is 9.14. The van der Waals surface area contributed by atoms with Crippen LogP contribution in [-0.4, -0.2) is 26.2 Å². The lowest BCUT2D eigenvalue weighted by atomic mass is 9.91. The molecule has 4 heteroatoms. The number of nitrogens with one attached hydrogen (secondary N) is 4. The molecule has 4 nitrogen and oxygen atoms in total. The van der Waals surface area contributed by atoms with Crippen LogP contribution < -0.4 is 10.0 Å². The quantitative estimate of drug-likeness (QED) is 0.516. The van der Waals surface area contributed by atoms with E-state index in [4.69, 9.17) is 11.7 Å². The van der Waals surface area contributed by atoms with Gasteiger partial charge in [0, 0.05) is 25.7 Å². The molecule has 1 aliphatic carbocycles. The van der Waals surface area contributed by atoms with Crippen molar-refractivity contribution in [2.45, 2.75) is 37.8 Å². The molecule has 4 N–H and O–H groups in total. The molecule has 2 unspecified atom stereocenters. The van der Waals surface area contributed by atoms with E-state index in [1.807, 2.05) is 14.1 Å². The summed E-state index contributed by atoms with van der Waals surface area (Å²) in [6.45, 7) is 0. The second-order valence-corrected chi connectivity index (χ2v) is 3.91. The Bertz CT molecular complexity index is 111. The topological polar surface area (TPSA) is 56.5 Å². The monoisotopic (exact) mass is 172 g/mol. The predicted octanol–water partition coefficient (Wildman–Crippen LogP) is -0.739. The maximum Gasteiger partial charge on any atom is 0.0788 e. The fourth-order valence-corrected chi connectivity index (χ4v) is 1.96. The third kappa shape index (κ3) is 2.42. The number of hydrogen-bond donors (Lipinski definition) is 2. The van der Waals surface area contributed by atoms with Crippen molar-refractivity contribution in [3.05, 3.63) is 11.7 Å². The predicted molar refractivity (Wildman–Crippen MR) is 48.5 cm³/mol. The summed E-state index contributed by atoms with van der Waals surface area (Å²) in [5.74, 6) is 15.0. The number of quaternary nitrogens is 2. The Morgan fingerprint density at radius 1 is 0.833 bits per heavy atom. The van der Waals surface area contributed by atoms with Crippen molar-refractivity contribution in [3.63, 3.8) is 0 Å². The average Bonchev–Trinajstić information content (AvgIpc) is 2.04. The van der Waals surface area contributed by atoms with Crippen molar-refractivity contribution in [1.29, 1.82) is 0 Å². The molecule has 0 radical (unpaired) electrons. The molecule has 0 saturated heterocycles. The largest absolute Gasteiger partial charge is 0.469 e. The van der Waals surface area contributed by atoms with Gasteiger partial charge in [0.1, 0.15) is 0 Å². The van der Waals surface area contributed by atoms with Gasteiger partial charge in [-0.15, -0.1) is 0 Å². The van der Waals surface area contributed by atoms with E-state index in [1.165, 1.54) is 0 Å². The van der Waals surface area contributed by atoms with E-state index in [0.29, 0.717) is 12.1 Å². The van der Waals surface area contributed by atoms with Crippen LogP contribution in [0.4, 0.5) is 0 Å². The van der Waals surface area contributed by atoms with Crippen molar-refractivity contribution in [2.75, 3.05) is 14.1 Å². The first kappa shape index (κ1) is 9.92. The summed E-state index contributed by atoms with van der Waals surface area (Å²) >= 11 is 0. The first-order chi connectivity index (χ1) is 5.61. The molecule has 0 aromatic heterocycles. The zero-order valence-electron chi connectivity index (χ0n) is 7.98. The standard InChI is InChI=1S/C8H20N4/c1-11(9)7-3-5-8(6-4-7)12(2)10/h7-12H,3-6H2,1-2H3. The van der Waals surface area contributed by atoms with E-state index >= 15 is 0 Å². The van der Waals surface area contributed by atoms with Crippen molar-refractivity contribution < 1.29 is 10.0 Å². The van der Waals surface area contributed by atoms with Gasteiger partial charge < -0.3 is 21.7 Å². The summed E-state index contributed by atoms with van der Waals surface area (Å²) in [5, 5.41) is 1.66. The van der Waals surface area contributed by atoms with Crippen LogP contribution in [0, 0.1) is 0 Å². The Hall–Kier alpha value is -0.160. The second-order valence-electron chi connectivity index (χ2n) is 3.91. The van der Waals surface area contributed by atoms with Gasteiger partial charge in [0.05, 0.1) is 26.2 Å². The maximum absolute atomic E-state index is 7.51. The van der Waals surface area contributed by atoms with Gasteiger partial charge in [0.2, 0.25) is 0 Å². The molecule has 2 atom stereocenters. The molecule has 0 aliphatic heterocycles. The van der Waals surface area contributed by atoms with Crippen molar-refractivity contribution in [1.82, 2.24) is 0 Å². The highest BCUT2D eigenvalue weighted by atomic mass is 15.4. The van der Waals surface area contributed by atoms with Crippen LogP contribution >= 0.6 is 0 Å². The van der Waals surface area contributed by atoms with Crippen molar-refractivity contribution in [2.24, 2.45) is 0 Å². The fourth-order valence-electron chi connectivity index (χ4n) is 1.96. The van der Waals surface area contributed by atoms with Gasteiger partial charge in [-0.25, -0.2) is 0 Å². The Morgan fingerprint density at radius 2 is 1.08 bits per heavy atom. The Morgan fingerprint density at radius 3 is 1.25 bits per heavy atom. The third-order valence-electron chi connectivity index (χ3n) is 2.95. The summed E-state index contributed by atoms with van der Waals surface area (Å²) in [7, 11) is 3.81. The van der Waals surface area contributed by atoms with E-state index < -0.39 is 0 Å². The minimum absolute atomic E-state index is 0.514. The molecule has 12 heavy (non-hydrogen) atoms. The smallest absolute Gasteiger partial charge is 0.0788 e. The SMILES string of the molecule is C[NH+]([NH-])C1CCC([NH+](C)[NH-])CC1. The van der Waals surface area contributed by atoms with Crippen LogP contribution in [-0.2, 0) is 0 Å². The van der Waals surface area contributed by atoms with Crippen LogP contribution in [0.2, 0.25) is 0 Å². The van der Waals surface area contributed by atoms with Gasteiger partial charge in [0.15, 0.2) is 0 Å². The van der Waals surface area contributed by atoms with Gasteiger partial charge in [-0.1, -0.05) is 0 Å². The summed E-state index contributed by atoms with van der Waals surface area (Å²) in [5.41, 5.74) is 0. The molecular formula is C8H20N4. The molecule has 0 spiro atoms. The summed E-state index contributed by atoms with van der Waals surface area (Å²) in [6, 6.07) is 1.03. The highest BCUT2D eigenvalue weighted by Gasteiger charge is 2.25. The molecule has 1 fully saturated rings. The number of rotatable bonds is 2. The van der Waals surface area contributed by atoms with Crippen LogP contribution in [0.3, 0.4) is 0 Å². The highest BCUT2D eigenvalue weighted by Crippen LogP contribution is 2.14. The van der Waals surface area contributed by atoms with Crippen molar-refractivity contribution in [3.8, 4) is 0 Å². The summed E-state index contributed by atoms with van der Waals surface area (Å²) in [6.07, 6.45) is 4.48. The van der Waals surface area contributed by atoms with Crippen LogP contribution in [0.1, 0.15) is 25.7 Å². The summed E-state index contributed by atoms with van der Waals surface area (Å²) in [4.78, 5) is 0. The highest BCUT2D eigenvalue weighted by molar-refractivity contribution is 4.70. The third-order valence-corrected chi connectivity index (χ3v) is 2.95. The van der Waals surface area contributed by atoms with Crippen LogP contribution in [0.15, 0.2) is 0 Å². The molecule has 1 rings (SSSR count). The van der Waals surface area contributed by atoms with E-state index in [1.54, 1.807) is 0 Å². The Kier molecular flexibility index (Phi) is 3.46. The molecule has 0 bridgehead atoms. The minimum atomic E-state index is 0.514. The Labute approximate surface area is 74.4 Å². The second kappa shape index (κ2) is 4.18. The van der Waals surface area contributed by atoms with Crippen molar-refractivity contribution >= 4 is 0 Å². The minimum Gasteiger partial charge on any atom is -0.469 e. The van der Waals surface area contributed by atoms with Crippen LogP contribution in [0.5, 0.6) is 0 Å². The van der Waals surface area contributed by atoms with Gasteiger partial charge in [0.25, 0.3) is 0 Å². The zero-order valence-corrected chi connectivity index (χ0v) is 7.98. The molecular weight excluding hydrogens is 152 g/mol. The van der Waals surface area contributed by atoms with E-state index in [9.17, 15) is 0 Å². The van der Waals surface area contributed by atoms with E-state index in [2.05, 4.69) is 0 Å². The molecule has 0 aromatic rings.